The van der Waals surface area contributed by atoms with Crippen molar-refractivity contribution in [3.8, 4) is 0 Å². The van der Waals surface area contributed by atoms with Crippen LogP contribution in [0.2, 0.25) is 0 Å². The Labute approximate surface area is 173 Å². The van der Waals surface area contributed by atoms with Crippen molar-refractivity contribution in [1.29, 1.82) is 0 Å². The highest BCUT2D eigenvalue weighted by molar-refractivity contribution is 6.02. The lowest BCUT2D eigenvalue weighted by Gasteiger charge is -2.50. The Balaban J connectivity index is 1.90. The van der Waals surface area contributed by atoms with Gasteiger partial charge in [-0.2, -0.15) is 0 Å². The first-order valence-corrected chi connectivity index (χ1v) is 9.21. The lowest BCUT2D eigenvalue weighted by atomic mass is 10.0. The maximum Gasteiger partial charge on any atom is 0.258 e. The number of hydrogen-bond acceptors (Lipinski definition) is 8. The highest BCUT2D eigenvalue weighted by Crippen LogP contribution is 2.39. The van der Waals surface area contributed by atoms with Crippen LogP contribution in [-0.2, 0) is 28.5 Å². The molecule has 0 unspecified atom stereocenters. The first-order chi connectivity index (χ1) is 14.3. The standard InChI is InChI=1S/C20H24N4O6/c1-19(27-3)20(2,28-4)30-16(18(26)24-14-10-6-8-12-22-14)15(29-19)17(25)23-13-9-5-7-11-21-13/h5-12,15-16H,1-4H3,(H,21,23,25)(H,22,24,26)/t15-,16-,19-,20-/m1/s1. The van der Waals surface area contributed by atoms with Gasteiger partial charge in [0.2, 0.25) is 11.6 Å². The van der Waals surface area contributed by atoms with Gasteiger partial charge in [0, 0.05) is 26.6 Å². The molecule has 4 atom stereocenters. The molecule has 1 aliphatic rings. The minimum absolute atomic E-state index is 0.300. The van der Waals surface area contributed by atoms with E-state index in [2.05, 4.69) is 20.6 Å². The fourth-order valence-electron chi connectivity index (χ4n) is 2.94. The summed E-state index contributed by atoms with van der Waals surface area (Å²) in [6.45, 7) is 3.12. The van der Waals surface area contributed by atoms with E-state index in [9.17, 15) is 9.59 Å². The normalized spacial score (nSPS) is 28.5. The number of methoxy groups -OCH3 is 2. The monoisotopic (exact) mass is 416 g/mol. The van der Waals surface area contributed by atoms with E-state index in [1.807, 2.05) is 0 Å². The molecule has 2 aromatic rings. The van der Waals surface area contributed by atoms with Crippen LogP contribution >= 0.6 is 0 Å². The summed E-state index contributed by atoms with van der Waals surface area (Å²) in [4.78, 5) is 34.1. The quantitative estimate of drug-likeness (QED) is 0.728. The van der Waals surface area contributed by atoms with Crippen LogP contribution in [0.25, 0.3) is 0 Å². The van der Waals surface area contributed by atoms with E-state index in [-0.39, 0.29) is 0 Å². The van der Waals surface area contributed by atoms with E-state index in [1.165, 1.54) is 26.6 Å². The second-order valence-electron chi connectivity index (χ2n) is 6.79. The highest BCUT2D eigenvalue weighted by atomic mass is 16.8. The summed E-state index contributed by atoms with van der Waals surface area (Å²) in [7, 11) is 2.78. The number of anilines is 2. The van der Waals surface area contributed by atoms with Gasteiger partial charge in [-0.1, -0.05) is 12.1 Å². The number of carbonyl (C=O) groups excluding carboxylic acids is 2. The predicted octanol–water partition coefficient (Wildman–Crippen LogP) is 1.56. The second-order valence-corrected chi connectivity index (χ2v) is 6.79. The average molecular weight is 416 g/mol. The van der Waals surface area contributed by atoms with E-state index >= 15 is 0 Å². The average Bonchev–Trinajstić information content (AvgIpc) is 2.76. The third kappa shape index (κ3) is 4.31. The lowest BCUT2D eigenvalue weighted by Crippen LogP contribution is -2.69. The number of nitrogens with one attached hydrogen (secondary N) is 2. The van der Waals surface area contributed by atoms with E-state index in [4.69, 9.17) is 18.9 Å². The molecule has 10 heteroatoms. The van der Waals surface area contributed by atoms with Crippen molar-refractivity contribution in [3.63, 3.8) is 0 Å². The van der Waals surface area contributed by atoms with E-state index in [0.29, 0.717) is 11.6 Å². The van der Waals surface area contributed by atoms with Crippen LogP contribution in [0, 0.1) is 0 Å². The maximum absolute atomic E-state index is 13.0. The Morgan fingerprint density at radius 2 is 1.23 bits per heavy atom. The maximum atomic E-state index is 13.0. The number of amides is 2. The molecule has 0 aromatic carbocycles. The number of aromatic nitrogens is 2. The summed E-state index contributed by atoms with van der Waals surface area (Å²) in [6.07, 6.45) is 0.341. The summed E-state index contributed by atoms with van der Waals surface area (Å²) in [6, 6.07) is 10.1. The third-order valence-corrected chi connectivity index (χ3v) is 4.93. The largest absolute Gasteiger partial charge is 0.349 e. The molecule has 1 aliphatic heterocycles. The van der Waals surface area contributed by atoms with Crippen LogP contribution in [0.4, 0.5) is 11.6 Å². The number of nitrogens with zero attached hydrogens (tertiary/aromatic N) is 2. The lowest BCUT2D eigenvalue weighted by molar-refractivity contribution is -0.435. The van der Waals surface area contributed by atoms with Crippen LogP contribution in [0.1, 0.15) is 13.8 Å². The molecule has 2 aromatic heterocycles. The Kier molecular flexibility index (Phi) is 6.42. The first kappa shape index (κ1) is 21.8. The van der Waals surface area contributed by atoms with Gasteiger partial charge in [0.1, 0.15) is 11.6 Å². The van der Waals surface area contributed by atoms with Gasteiger partial charge in [0.25, 0.3) is 11.8 Å². The fourth-order valence-corrected chi connectivity index (χ4v) is 2.94. The third-order valence-electron chi connectivity index (χ3n) is 4.93. The van der Waals surface area contributed by atoms with Crippen molar-refractivity contribution in [2.24, 2.45) is 0 Å². The van der Waals surface area contributed by atoms with Crippen molar-refractivity contribution < 1.29 is 28.5 Å². The molecule has 10 nitrogen and oxygen atoms in total. The van der Waals surface area contributed by atoms with Crippen LogP contribution in [0.15, 0.2) is 48.8 Å². The van der Waals surface area contributed by atoms with Gasteiger partial charge >= 0.3 is 0 Å². The number of hydrogen-bond donors (Lipinski definition) is 2. The summed E-state index contributed by atoms with van der Waals surface area (Å²) in [5.41, 5.74) is 0. The Morgan fingerprint density at radius 3 is 1.53 bits per heavy atom. The first-order valence-electron chi connectivity index (χ1n) is 9.21. The molecule has 1 saturated heterocycles. The second kappa shape index (κ2) is 8.84. The minimum Gasteiger partial charge on any atom is -0.349 e. The van der Waals surface area contributed by atoms with Gasteiger partial charge in [-0.25, -0.2) is 9.97 Å². The van der Waals surface area contributed by atoms with Crippen molar-refractivity contribution >= 4 is 23.5 Å². The Hall–Kier alpha value is -2.92. The molecule has 2 N–H and O–H groups in total. The SMILES string of the molecule is CO[C@]1(C)O[C@@H](C(=O)Nc2ccccn2)[C@H](C(=O)Nc2ccccn2)O[C@@]1(C)OC. The fraction of sp³-hybridized carbons (Fsp3) is 0.400. The molecule has 160 valence electrons. The number of carbonyl (C=O) groups is 2. The van der Waals surface area contributed by atoms with Gasteiger partial charge in [-0.05, 0) is 38.1 Å². The molecule has 1 fully saturated rings. The van der Waals surface area contributed by atoms with Crippen LogP contribution in [-0.4, -0.2) is 59.8 Å². The van der Waals surface area contributed by atoms with Crippen LogP contribution in [0.3, 0.4) is 0 Å². The molecule has 3 heterocycles. The molecule has 0 saturated carbocycles. The molecule has 0 spiro atoms. The van der Waals surface area contributed by atoms with Gasteiger partial charge in [-0.3, -0.25) is 9.59 Å². The molecule has 30 heavy (non-hydrogen) atoms. The van der Waals surface area contributed by atoms with Crippen LogP contribution in [0.5, 0.6) is 0 Å². The molecule has 3 rings (SSSR count). The smallest absolute Gasteiger partial charge is 0.258 e. The van der Waals surface area contributed by atoms with Crippen LogP contribution < -0.4 is 10.6 Å². The van der Waals surface area contributed by atoms with Crippen molar-refractivity contribution in [2.45, 2.75) is 37.6 Å². The van der Waals surface area contributed by atoms with Gasteiger partial charge in [0.05, 0.1) is 0 Å². The Morgan fingerprint density at radius 1 is 0.833 bits per heavy atom. The molecule has 0 radical (unpaired) electrons. The van der Waals surface area contributed by atoms with Crippen molar-refractivity contribution in [3.05, 3.63) is 48.8 Å². The zero-order valence-corrected chi connectivity index (χ0v) is 17.1. The zero-order chi connectivity index (χ0) is 21.8. The van der Waals surface area contributed by atoms with Crippen molar-refractivity contribution in [2.75, 3.05) is 24.9 Å². The highest BCUT2D eigenvalue weighted by Gasteiger charge is 2.60. The van der Waals surface area contributed by atoms with E-state index < -0.39 is 35.6 Å². The summed E-state index contributed by atoms with van der Waals surface area (Å²) >= 11 is 0. The van der Waals surface area contributed by atoms with Gasteiger partial charge < -0.3 is 29.6 Å². The van der Waals surface area contributed by atoms with Gasteiger partial charge in [0.15, 0.2) is 12.2 Å². The van der Waals surface area contributed by atoms with E-state index in [1.54, 1.807) is 50.2 Å². The number of pyridine rings is 2. The molecule has 0 aliphatic carbocycles. The minimum atomic E-state index is -1.48. The molecule has 0 bridgehead atoms. The predicted molar refractivity (Wildman–Crippen MR) is 106 cm³/mol. The molecular weight excluding hydrogens is 392 g/mol. The van der Waals surface area contributed by atoms with Crippen molar-refractivity contribution in [1.82, 2.24) is 9.97 Å². The van der Waals surface area contributed by atoms with Gasteiger partial charge in [-0.15, -0.1) is 0 Å². The summed E-state index contributed by atoms with van der Waals surface area (Å²) < 4.78 is 22.8. The number of rotatable bonds is 6. The Bertz CT molecular complexity index is 810. The number of ether oxygens (including phenoxy) is 4. The topological polar surface area (TPSA) is 121 Å². The summed E-state index contributed by atoms with van der Waals surface area (Å²) in [5, 5.41) is 5.24. The molecule has 2 amide bonds. The molecular formula is C20H24N4O6. The zero-order valence-electron chi connectivity index (χ0n) is 17.1. The summed E-state index contributed by atoms with van der Waals surface area (Å²) in [5.74, 6) is -3.61. The van der Waals surface area contributed by atoms with E-state index in [0.717, 1.165) is 0 Å².